The highest BCUT2D eigenvalue weighted by atomic mass is 16.5. The van der Waals surface area contributed by atoms with Crippen molar-refractivity contribution in [1.29, 1.82) is 0 Å². The zero-order valence-corrected chi connectivity index (χ0v) is 5.86. The number of hydrogen-bond acceptors (Lipinski definition) is 3. The summed E-state index contributed by atoms with van der Waals surface area (Å²) < 4.78 is 4.55. The largest absolute Gasteiger partial charge is 0.369 e. The molecule has 11 heavy (non-hydrogen) atoms. The van der Waals surface area contributed by atoms with Crippen LogP contribution >= 0.6 is 0 Å². The Morgan fingerprint density at radius 3 is 3.18 bits per heavy atom. The molecule has 1 rings (SSSR count). The predicted molar refractivity (Wildman–Crippen MR) is 39.3 cm³/mol. The summed E-state index contributed by atoms with van der Waals surface area (Å²) in [6.45, 7) is 0. The van der Waals surface area contributed by atoms with Gasteiger partial charge in [-0.2, -0.15) is 0 Å². The average Bonchev–Trinajstić information content (AvgIpc) is 2.39. The van der Waals surface area contributed by atoms with E-state index in [9.17, 15) is 4.79 Å². The number of carbonyl (C=O) groups is 1. The lowest BCUT2D eigenvalue weighted by Gasteiger charge is -1.82. The van der Waals surface area contributed by atoms with Crippen molar-refractivity contribution in [2.75, 3.05) is 0 Å². The van der Waals surface area contributed by atoms with Gasteiger partial charge in [0.25, 0.3) is 0 Å². The van der Waals surface area contributed by atoms with Crippen LogP contribution in [0.15, 0.2) is 23.1 Å². The maximum atomic E-state index is 10.3. The molecule has 1 amide bonds. The van der Waals surface area contributed by atoms with Gasteiger partial charge in [-0.1, -0.05) is 17.3 Å². The third kappa shape index (κ3) is 2.66. The highest BCUT2D eigenvalue weighted by Crippen LogP contribution is 1.99. The summed E-state index contributed by atoms with van der Waals surface area (Å²) in [6, 6.07) is 0. The fourth-order valence-electron chi connectivity index (χ4n) is 0.606. The number of primary amides is 1. The second kappa shape index (κ2) is 3.55. The molecule has 0 aliphatic carbocycles. The van der Waals surface area contributed by atoms with Crippen LogP contribution in [0.1, 0.15) is 12.0 Å². The lowest BCUT2D eigenvalue weighted by Crippen LogP contribution is -2.07. The van der Waals surface area contributed by atoms with Crippen LogP contribution in [0.2, 0.25) is 0 Å². The molecule has 0 bridgehead atoms. The summed E-state index contributed by atoms with van der Waals surface area (Å²) in [5.74, 6) is -0.349. The van der Waals surface area contributed by atoms with E-state index >= 15 is 0 Å². The molecule has 0 spiro atoms. The predicted octanol–water partition coefficient (Wildman–Crippen LogP) is 0.563. The first-order chi connectivity index (χ1) is 5.29. The third-order valence-electron chi connectivity index (χ3n) is 1.08. The summed E-state index contributed by atoms with van der Waals surface area (Å²) in [5.41, 5.74) is 5.73. The minimum absolute atomic E-state index is 0.241. The molecule has 0 atom stereocenters. The van der Waals surface area contributed by atoms with Crippen LogP contribution in [-0.2, 0) is 4.79 Å². The summed E-state index contributed by atoms with van der Waals surface area (Å²) in [4.78, 5) is 10.3. The number of nitrogens with two attached hydrogens (primary N) is 1. The van der Waals surface area contributed by atoms with Gasteiger partial charge in [-0.3, -0.25) is 4.79 Å². The van der Waals surface area contributed by atoms with Gasteiger partial charge in [-0.15, -0.1) is 0 Å². The Morgan fingerprint density at radius 1 is 1.82 bits per heavy atom. The molecule has 0 aliphatic heterocycles. The smallest absolute Gasteiger partial charge is 0.221 e. The molecule has 0 aliphatic rings. The van der Waals surface area contributed by atoms with Crippen molar-refractivity contribution in [2.45, 2.75) is 6.42 Å². The lowest BCUT2D eigenvalue weighted by molar-refractivity contribution is -0.117. The Bertz CT molecular complexity index is 251. The summed E-state index contributed by atoms with van der Waals surface area (Å²) >= 11 is 0. The van der Waals surface area contributed by atoms with Crippen molar-refractivity contribution >= 4 is 12.0 Å². The summed E-state index contributed by atoms with van der Waals surface area (Å²) in [7, 11) is 0. The maximum absolute atomic E-state index is 10.3. The van der Waals surface area contributed by atoms with Gasteiger partial charge in [-0.05, 0) is 0 Å². The van der Waals surface area contributed by atoms with E-state index in [0.29, 0.717) is 0 Å². The van der Waals surface area contributed by atoms with Gasteiger partial charge in [0.05, 0.1) is 6.20 Å². The van der Waals surface area contributed by atoms with Gasteiger partial charge in [0, 0.05) is 12.0 Å². The quantitative estimate of drug-likeness (QED) is 0.688. The Labute approximate surface area is 63.7 Å². The van der Waals surface area contributed by atoms with Crippen molar-refractivity contribution in [3.8, 4) is 0 Å². The molecule has 1 aromatic heterocycles. The number of carbonyl (C=O) groups excluding carboxylic acids is 1. The van der Waals surface area contributed by atoms with E-state index in [1.807, 2.05) is 0 Å². The number of amides is 1. The van der Waals surface area contributed by atoms with Crippen molar-refractivity contribution in [2.24, 2.45) is 5.73 Å². The number of nitrogens with zero attached hydrogens (tertiary/aromatic N) is 1. The Kier molecular flexibility index (Phi) is 2.43. The van der Waals surface area contributed by atoms with Crippen molar-refractivity contribution in [1.82, 2.24) is 5.16 Å². The monoisotopic (exact) mass is 152 g/mol. The first-order valence-corrected chi connectivity index (χ1v) is 3.13. The minimum atomic E-state index is -0.349. The molecular weight excluding hydrogens is 144 g/mol. The van der Waals surface area contributed by atoms with Gasteiger partial charge in [-0.25, -0.2) is 0 Å². The fourth-order valence-corrected chi connectivity index (χ4v) is 0.606. The summed E-state index contributed by atoms with van der Waals surface area (Å²) in [6.07, 6.45) is 6.66. The zero-order valence-electron chi connectivity index (χ0n) is 5.86. The fraction of sp³-hybridized carbons (Fsp3) is 0.143. The lowest BCUT2D eigenvalue weighted by atomic mass is 10.3. The number of rotatable bonds is 3. The van der Waals surface area contributed by atoms with Crippen LogP contribution in [0.4, 0.5) is 0 Å². The maximum Gasteiger partial charge on any atom is 0.221 e. The van der Waals surface area contributed by atoms with Gasteiger partial charge in [0.1, 0.15) is 6.26 Å². The highest BCUT2D eigenvalue weighted by molar-refractivity contribution is 5.76. The van der Waals surface area contributed by atoms with Crippen LogP contribution in [0, 0.1) is 0 Å². The molecule has 0 saturated heterocycles. The van der Waals surface area contributed by atoms with E-state index in [2.05, 4.69) is 9.68 Å². The molecule has 4 nitrogen and oxygen atoms in total. The summed E-state index contributed by atoms with van der Waals surface area (Å²) in [5, 5.41) is 3.48. The Morgan fingerprint density at radius 2 is 2.64 bits per heavy atom. The normalized spacial score (nSPS) is 10.5. The first-order valence-electron chi connectivity index (χ1n) is 3.13. The molecule has 4 heteroatoms. The molecule has 0 aromatic carbocycles. The molecule has 0 radical (unpaired) electrons. The minimum Gasteiger partial charge on any atom is -0.369 e. The second-order valence-electron chi connectivity index (χ2n) is 2.03. The molecule has 0 fully saturated rings. The zero-order chi connectivity index (χ0) is 8.10. The van der Waals surface area contributed by atoms with Crippen LogP contribution in [0.5, 0.6) is 0 Å². The van der Waals surface area contributed by atoms with E-state index in [-0.39, 0.29) is 12.3 Å². The van der Waals surface area contributed by atoms with Crippen molar-refractivity contribution in [3.05, 3.63) is 24.1 Å². The molecule has 0 saturated carbocycles. The van der Waals surface area contributed by atoms with Gasteiger partial charge >= 0.3 is 0 Å². The molecule has 1 heterocycles. The van der Waals surface area contributed by atoms with E-state index in [1.54, 1.807) is 18.3 Å². The van der Waals surface area contributed by atoms with Crippen LogP contribution in [0.3, 0.4) is 0 Å². The first kappa shape index (κ1) is 7.53. The van der Waals surface area contributed by atoms with Crippen LogP contribution in [0.25, 0.3) is 6.08 Å². The van der Waals surface area contributed by atoms with Crippen LogP contribution in [-0.4, -0.2) is 11.1 Å². The van der Waals surface area contributed by atoms with E-state index in [4.69, 9.17) is 5.73 Å². The number of hydrogen-bond donors (Lipinski definition) is 1. The molecule has 58 valence electrons. The van der Waals surface area contributed by atoms with Gasteiger partial charge in [0.2, 0.25) is 5.91 Å². The van der Waals surface area contributed by atoms with Gasteiger partial charge < -0.3 is 10.3 Å². The molecular formula is C7H8N2O2. The second-order valence-corrected chi connectivity index (χ2v) is 2.03. The van der Waals surface area contributed by atoms with E-state index < -0.39 is 0 Å². The SMILES string of the molecule is NC(=O)CC=Cc1cnoc1. The van der Waals surface area contributed by atoms with E-state index in [0.717, 1.165) is 5.56 Å². The topological polar surface area (TPSA) is 69.1 Å². The highest BCUT2D eigenvalue weighted by Gasteiger charge is 1.89. The van der Waals surface area contributed by atoms with Gasteiger partial charge in [0.15, 0.2) is 0 Å². The Hall–Kier alpha value is -1.58. The molecule has 1 aromatic rings. The average molecular weight is 152 g/mol. The molecule has 0 unspecified atom stereocenters. The number of aromatic nitrogens is 1. The van der Waals surface area contributed by atoms with Crippen LogP contribution < -0.4 is 5.73 Å². The third-order valence-corrected chi connectivity index (χ3v) is 1.08. The standard InChI is InChI=1S/C7H8N2O2/c8-7(10)3-1-2-6-4-9-11-5-6/h1-2,4-5H,3H2,(H2,8,10). The molecule has 2 N–H and O–H groups in total. The van der Waals surface area contributed by atoms with E-state index in [1.165, 1.54) is 6.26 Å². The van der Waals surface area contributed by atoms with Crippen molar-refractivity contribution < 1.29 is 9.32 Å². The van der Waals surface area contributed by atoms with Crippen molar-refractivity contribution in [3.63, 3.8) is 0 Å². The Balaban J connectivity index is 2.43.